The van der Waals surface area contributed by atoms with Gasteiger partial charge in [-0.2, -0.15) is 5.21 Å². The number of fused-ring (bicyclic) bond motifs is 1. The maximum absolute atomic E-state index is 14.1. The lowest BCUT2D eigenvalue weighted by atomic mass is 9.79. The van der Waals surface area contributed by atoms with E-state index < -0.39 is 23.2 Å². The average Bonchev–Trinajstić information content (AvgIpc) is 3.61. The van der Waals surface area contributed by atoms with Gasteiger partial charge in [-0.3, -0.25) is 14.8 Å². The summed E-state index contributed by atoms with van der Waals surface area (Å²) in [5.74, 6) is -2.21. The van der Waals surface area contributed by atoms with E-state index in [4.69, 9.17) is 0 Å². The molecule has 4 aromatic rings. The van der Waals surface area contributed by atoms with Gasteiger partial charge in [0.2, 0.25) is 11.7 Å². The summed E-state index contributed by atoms with van der Waals surface area (Å²) in [4.78, 5) is 22.4. The molecule has 1 aliphatic heterocycles. The van der Waals surface area contributed by atoms with Crippen LogP contribution in [0, 0.1) is 17.6 Å². The van der Waals surface area contributed by atoms with E-state index >= 15 is 0 Å². The van der Waals surface area contributed by atoms with Crippen LogP contribution >= 0.6 is 0 Å². The molecule has 3 N–H and O–H groups in total. The summed E-state index contributed by atoms with van der Waals surface area (Å²) in [6, 6.07) is 9.60. The van der Waals surface area contributed by atoms with Gasteiger partial charge < -0.3 is 10.6 Å². The van der Waals surface area contributed by atoms with Crippen LogP contribution in [-0.4, -0.2) is 42.0 Å². The molecule has 0 saturated heterocycles. The molecule has 212 valence electrons. The van der Waals surface area contributed by atoms with E-state index in [1.54, 1.807) is 42.9 Å². The minimum atomic E-state index is -0.767. The van der Waals surface area contributed by atoms with Crippen LogP contribution in [0.5, 0.6) is 0 Å². The standard InChI is InChI=1S/C30H25F3N8O/c1-30-6-4-20(31)15-24(30)19(16-36-30)13-27(42)37-25(11-17-9-21(32)14-22(33)10-17)28-23(3-2-7-35-28)18-5-8-34-26(12-18)29-38-40-41-39-29/h2-10,12,14-16,24-25,36H,11,13H2,1H3,(H,37,42)(H,38,39,40,41)/t24?,25-,30-/m0/s1. The highest BCUT2D eigenvalue weighted by Gasteiger charge is 2.39. The lowest BCUT2D eigenvalue weighted by molar-refractivity contribution is -0.121. The topological polar surface area (TPSA) is 121 Å². The second-order valence-electron chi connectivity index (χ2n) is 10.4. The summed E-state index contributed by atoms with van der Waals surface area (Å²) in [5, 5.41) is 20.2. The lowest BCUT2D eigenvalue weighted by Gasteiger charge is -2.31. The molecule has 1 unspecified atom stereocenters. The second kappa shape index (κ2) is 11.0. The number of hydrogen-bond acceptors (Lipinski definition) is 7. The molecule has 0 radical (unpaired) electrons. The SMILES string of the molecule is C[C@]12C=CC(F)=CC1C(CC(=O)N[C@@H](Cc1cc(F)cc(F)c1)c1ncccc1-c1ccnc(-c3nn[nH]n3)c1)=CN2. The molecule has 0 fully saturated rings. The Morgan fingerprint density at radius 2 is 1.93 bits per heavy atom. The Balaban J connectivity index is 1.33. The van der Waals surface area contributed by atoms with Crippen LogP contribution in [0.2, 0.25) is 0 Å². The van der Waals surface area contributed by atoms with Gasteiger partial charge in [-0.15, -0.1) is 10.2 Å². The number of nitrogens with zero attached hydrogens (tertiary/aromatic N) is 5. The van der Waals surface area contributed by atoms with Gasteiger partial charge >= 0.3 is 0 Å². The molecule has 6 rings (SSSR count). The van der Waals surface area contributed by atoms with Crippen molar-refractivity contribution in [2.75, 3.05) is 0 Å². The van der Waals surface area contributed by atoms with Gasteiger partial charge in [-0.25, -0.2) is 13.2 Å². The molecule has 0 spiro atoms. The van der Waals surface area contributed by atoms with Crippen molar-refractivity contribution in [1.29, 1.82) is 0 Å². The third kappa shape index (κ3) is 5.55. The van der Waals surface area contributed by atoms with Crippen LogP contribution in [0.3, 0.4) is 0 Å². The third-order valence-electron chi connectivity index (χ3n) is 7.40. The first-order valence-corrected chi connectivity index (χ1v) is 13.2. The zero-order valence-corrected chi connectivity index (χ0v) is 22.4. The van der Waals surface area contributed by atoms with Crippen molar-refractivity contribution >= 4 is 5.91 Å². The molecule has 12 heteroatoms. The Morgan fingerprint density at radius 3 is 2.71 bits per heavy atom. The van der Waals surface area contributed by atoms with Crippen molar-refractivity contribution in [3.8, 4) is 22.6 Å². The predicted molar refractivity (Wildman–Crippen MR) is 148 cm³/mol. The zero-order chi connectivity index (χ0) is 29.3. The minimum absolute atomic E-state index is 0.0156. The molecular weight excluding hydrogens is 545 g/mol. The number of rotatable bonds is 8. The predicted octanol–water partition coefficient (Wildman–Crippen LogP) is 4.68. The number of allylic oxidation sites excluding steroid dienone is 2. The Bertz CT molecular complexity index is 1720. The van der Waals surface area contributed by atoms with Gasteiger partial charge in [0.15, 0.2) is 0 Å². The van der Waals surface area contributed by atoms with Gasteiger partial charge in [0, 0.05) is 36.4 Å². The number of pyridine rings is 2. The highest BCUT2D eigenvalue weighted by molar-refractivity contribution is 5.80. The number of H-pyrrole nitrogens is 1. The number of carbonyl (C=O) groups excluding carboxylic acids is 1. The smallest absolute Gasteiger partial charge is 0.224 e. The van der Waals surface area contributed by atoms with Crippen LogP contribution in [0.25, 0.3) is 22.6 Å². The summed E-state index contributed by atoms with van der Waals surface area (Å²) in [7, 11) is 0. The first-order chi connectivity index (χ1) is 20.3. The molecule has 2 aliphatic rings. The normalized spacial score (nSPS) is 19.9. The first kappa shape index (κ1) is 27.1. The highest BCUT2D eigenvalue weighted by atomic mass is 19.1. The average molecular weight is 571 g/mol. The van der Waals surface area contributed by atoms with Crippen molar-refractivity contribution in [1.82, 2.24) is 41.2 Å². The number of carbonyl (C=O) groups is 1. The molecule has 9 nitrogen and oxygen atoms in total. The highest BCUT2D eigenvalue weighted by Crippen LogP contribution is 2.38. The minimum Gasteiger partial charge on any atom is -0.381 e. The summed E-state index contributed by atoms with van der Waals surface area (Å²) in [6.07, 6.45) is 9.60. The van der Waals surface area contributed by atoms with Gasteiger partial charge in [-0.05, 0) is 83.9 Å². The van der Waals surface area contributed by atoms with E-state index in [0.29, 0.717) is 39.5 Å². The van der Waals surface area contributed by atoms with E-state index in [-0.39, 0.29) is 30.5 Å². The number of halogens is 3. The molecule has 1 amide bonds. The van der Waals surface area contributed by atoms with Crippen LogP contribution in [0.15, 0.2) is 90.7 Å². The van der Waals surface area contributed by atoms with E-state index in [2.05, 4.69) is 41.2 Å². The Kier molecular flexibility index (Phi) is 7.11. The maximum atomic E-state index is 14.1. The summed E-state index contributed by atoms with van der Waals surface area (Å²) >= 11 is 0. The van der Waals surface area contributed by atoms with Crippen LogP contribution in [0.4, 0.5) is 13.2 Å². The van der Waals surface area contributed by atoms with E-state index in [0.717, 1.165) is 6.07 Å². The summed E-state index contributed by atoms with van der Waals surface area (Å²) < 4.78 is 42.4. The van der Waals surface area contributed by atoms with Crippen LogP contribution in [-0.2, 0) is 11.2 Å². The number of tetrazole rings is 1. The lowest BCUT2D eigenvalue weighted by Crippen LogP contribution is -2.41. The Labute approximate surface area is 238 Å². The molecule has 1 aromatic carbocycles. The van der Waals surface area contributed by atoms with Crippen LogP contribution in [0.1, 0.15) is 30.6 Å². The summed E-state index contributed by atoms with van der Waals surface area (Å²) in [5.41, 5.74) is 2.85. The molecule has 3 aromatic heterocycles. The molecule has 3 atom stereocenters. The van der Waals surface area contributed by atoms with Gasteiger partial charge in [0.25, 0.3) is 0 Å². The largest absolute Gasteiger partial charge is 0.381 e. The Morgan fingerprint density at radius 1 is 1.10 bits per heavy atom. The van der Waals surface area contributed by atoms with Gasteiger partial charge in [0.05, 0.1) is 17.3 Å². The third-order valence-corrected chi connectivity index (χ3v) is 7.40. The van der Waals surface area contributed by atoms with Crippen molar-refractivity contribution in [3.05, 3.63) is 114 Å². The van der Waals surface area contributed by atoms with Crippen molar-refractivity contribution in [2.24, 2.45) is 5.92 Å². The molecular formula is C30H25F3N8O. The Hall–Kier alpha value is -5.13. The van der Waals surface area contributed by atoms with Crippen molar-refractivity contribution in [3.63, 3.8) is 0 Å². The molecule has 0 saturated carbocycles. The fourth-order valence-electron chi connectivity index (χ4n) is 5.41. The van der Waals surface area contributed by atoms with Crippen LogP contribution < -0.4 is 10.6 Å². The number of aromatic amines is 1. The fourth-order valence-corrected chi connectivity index (χ4v) is 5.41. The van der Waals surface area contributed by atoms with Crippen molar-refractivity contribution in [2.45, 2.75) is 31.3 Å². The number of hydrogen-bond donors (Lipinski definition) is 3. The number of benzene rings is 1. The number of nitrogens with one attached hydrogen (secondary N) is 3. The van der Waals surface area contributed by atoms with Gasteiger partial charge in [-0.1, -0.05) is 12.1 Å². The monoisotopic (exact) mass is 570 g/mol. The quantitative estimate of drug-likeness (QED) is 0.281. The first-order valence-electron chi connectivity index (χ1n) is 13.2. The van der Waals surface area contributed by atoms with E-state index in [1.165, 1.54) is 24.3 Å². The fraction of sp³-hybridized carbons (Fsp3) is 0.200. The number of amides is 1. The zero-order valence-electron chi connectivity index (χ0n) is 22.4. The van der Waals surface area contributed by atoms with Gasteiger partial charge in [0.1, 0.15) is 23.2 Å². The molecule has 0 bridgehead atoms. The summed E-state index contributed by atoms with van der Waals surface area (Å²) in [6.45, 7) is 1.93. The molecule has 1 aliphatic carbocycles. The maximum Gasteiger partial charge on any atom is 0.224 e. The van der Waals surface area contributed by atoms with Crippen molar-refractivity contribution < 1.29 is 18.0 Å². The number of aromatic nitrogens is 6. The molecule has 42 heavy (non-hydrogen) atoms. The van der Waals surface area contributed by atoms with E-state index in [1.807, 2.05) is 13.0 Å². The van der Waals surface area contributed by atoms with E-state index in [9.17, 15) is 18.0 Å². The second-order valence-corrected chi connectivity index (χ2v) is 10.4. The molecule has 4 heterocycles.